The lowest BCUT2D eigenvalue weighted by molar-refractivity contribution is 0.127. The number of aliphatic hydroxyl groups is 1. The normalized spacial score (nSPS) is 13.1. The van der Waals surface area contributed by atoms with Gasteiger partial charge in [-0.2, -0.15) is 0 Å². The van der Waals surface area contributed by atoms with Crippen LogP contribution in [0.1, 0.15) is 12.0 Å². The predicted molar refractivity (Wildman–Crippen MR) is 104 cm³/mol. The maximum Gasteiger partial charge on any atom is 0.241 e. The highest BCUT2D eigenvalue weighted by molar-refractivity contribution is 7.89. The van der Waals surface area contributed by atoms with Gasteiger partial charge in [0.1, 0.15) is 8.07 Å². The SMILES string of the molecule is C#CC(O)(C#C)C(CC#C[Si](C)(C)C)NS(=O)(=O)c1ccc(C)cc1. The van der Waals surface area contributed by atoms with E-state index in [1.165, 1.54) is 12.1 Å². The standard InChI is InChI=1S/C19H23NO3SSi/c1-7-19(21,8-2)18(10-9-15-25(4,5)6)20-24(22,23)17-13-11-16(3)12-14-17/h1-2,11-14,18,20-21H,10H2,3-6H3. The zero-order valence-electron chi connectivity index (χ0n) is 14.9. The molecule has 6 heteroatoms. The van der Waals surface area contributed by atoms with Gasteiger partial charge in [-0.25, -0.2) is 13.1 Å². The van der Waals surface area contributed by atoms with E-state index in [0.29, 0.717) is 0 Å². The molecule has 0 fully saturated rings. The van der Waals surface area contributed by atoms with Crippen molar-refractivity contribution in [1.82, 2.24) is 4.72 Å². The van der Waals surface area contributed by atoms with E-state index in [0.717, 1.165) is 5.56 Å². The molecule has 0 spiro atoms. The van der Waals surface area contributed by atoms with Crippen molar-refractivity contribution in [2.75, 3.05) is 0 Å². The Hall–Kier alpha value is -2.01. The first-order valence-corrected chi connectivity index (χ1v) is 12.7. The van der Waals surface area contributed by atoms with E-state index in [-0.39, 0.29) is 11.3 Å². The van der Waals surface area contributed by atoms with Crippen molar-refractivity contribution in [3.8, 4) is 36.2 Å². The number of terminal acetylenes is 2. The summed E-state index contributed by atoms with van der Waals surface area (Å²) in [7, 11) is -5.56. The van der Waals surface area contributed by atoms with Gasteiger partial charge in [-0.1, -0.05) is 49.2 Å². The molecule has 0 saturated carbocycles. The minimum atomic E-state index is -3.90. The number of rotatable bonds is 5. The van der Waals surface area contributed by atoms with Crippen molar-refractivity contribution in [3.63, 3.8) is 0 Å². The molecule has 0 heterocycles. The molecule has 1 atom stereocenters. The Morgan fingerprint density at radius 3 is 2.16 bits per heavy atom. The van der Waals surface area contributed by atoms with Crippen LogP contribution >= 0.6 is 0 Å². The van der Waals surface area contributed by atoms with Crippen molar-refractivity contribution in [2.24, 2.45) is 0 Å². The Morgan fingerprint density at radius 1 is 1.20 bits per heavy atom. The molecule has 0 aliphatic carbocycles. The molecular formula is C19H23NO3SSi. The topological polar surface area (TPSA) is 66.4 Å². The molecule has 25 heavy (non-hydrogen) atoms. The van der Waals surface area contributed by atoms with E-state index in [9.17, 15) is 13.5 Å². The van der Waals surface area contributed by atoms with Crippen LogP contribution in [0.2, 0.25) is 19.6 Å². The number of sulfonamides is 1. The van der Waals surface area contributed by atoms with Gasteiger partial charge in [0.25, 0.3) is 0 Å². The summed E-state index contributed by atoms with van der Waals surface area (Å²) < 4.78 is 27.6. The van der Waals surface area contributed by atoms with Crippen LogP contribution in [0.5, 0.6) is 0 Å². The van der Waals surface area contributed by atoms with Gasteiger partial charge in [0.2, 0.25) is 15.6 Å². The molecular weight excluding hydrogens is 350 g/mol. The molecule has 1 aromatic carbocycles. The fourth-order valence-corrected chi connectivity index (χ4v) is 3.80. The Morgan fingerprint density at radius 2 is 1.72 bits per heavy atom. The molecule has 0 amide bonds. The lowest BCUT2D eigenvalue weighted by atomic mass is 9.94. The number of benzene rings is 1. The average molecular weight is 374 g/mol. The number of nitrogens with one attached hydrogen (secondary N) is 1. The van der Waals surface area contributed by atoms with Crippen LogP contribution in [-0.4, -0.2) is 33.2 Å². The zero-order valence-corrected chi connectivity index (χ0v) is 16.7. The Kier molecular flexibility index (Phi) is 6.66. The summed E-state index contributed by atoms with van der Waals surface area (Å²) in [4.78, 5) is 0.0673. The van der Waals surface area contributed by atoms with E-state index in [1.807, 2.05) is 6.92 Å². The molecule has 1 unspecified atom stereocenters. The van der Waals surface area contributed by atoms with Crippen molar-refractivity contribution in [3.05, 3.63) is 29.8 Å². The first-order chi connectivity index (χ1) is 11.4. The Balaban J connectivity index is 3.20. The van der Waals surface area contributed by atoms with E-state index < -0.39 is 29.7 Å². The smallest absolute Gasteiger partial charge is 0.241 e. The van der Waals surface area contributed by atoms with Gasteiger partial charge in [0.05, 0.1) is 10.9 Å². The second-order valence-corrected chi connectivity index (χ2v) is 13.3. The van der Waals surface area contributed by atoms with Gasteiger partial charge in [0, 0.05) is 6.42 Å². The van der Waals surface area contributed by atoms with Crippen LogP contribution in [-0.2, 0) is 10.0 Å². The second kappa shape index (κ2) is 7.91. The van der Waals surface area contributed by atoms with Gasteiger partial charge >= 0.3 is 0 Å². The lowest BCUT2D eigenvalue weighted by Crippen LogP contribution is -2.51. The van der Waals surface area contributed by atoms with Crippen LogP contribution < -0.4 is 4.72 Å². The maximum absolute atomic E-state index is 12.6. The third-order valence-electron chi connectivity index (χ3n) is 3.34. The quantitative estimate of drug-likeness (QED) is 0.612. The van der Waals surface area contributed by atoms with Gasteiger partial charge in [-0.05, 0) is 19.1 Å². The Bertz CT molecular complexity index is 843. The highest BCUT2D eigenvalue weighted by Gasteiger charge is 2.36. The monoisotopic (exact) mass is 373 g/mol. The van der Waals surface area contributed by atoms with Crippen molar-refractivity contribution >= 4 is 18.1 Å². The van der Waals surface area contributed by atoms with Crippen molar-refractivity contribution in [1.29, 1.82) is 0 Å². The van der Waals surface area contributed by atoms with Crippen LogP contribution in [0.15, 0.2) is 29.2 Å². The van der Waals surface area contributed by atoms with E-state index in [2.05, 4.69) is 47.7 Å². The minimum absolute atomic E-state index is 0.0141. The van der Waals surface area contributed by atoms with Crippen molar-refractivity contribution in [2.45, 2.75) is 49.5 Å². The summed E-state index contributed by atoms with van der Waals surface area (Å²) in [5.41, 5.74) is 1.98. The van der Waals surface area contributed by atoms with Crippen LogP contribution in [0, 0.1) is 43.1 Å². The molecule has 1 aromatic rings. The number of hydrogen-bond donors (Lipinski definition) is 2. The van der Waals surface area contributed by atoms with Crippen LogP contribution in [0.4, 0.5) is 0 Å². The fraction of sp³-hybridized carbons (Fsp3) is 0.368. The molecule has 0 aliphatic heterocycles. The first kappa shape index (κ1) is 21.0. The van der Waals surface area contributed by atoms with E-state index in [4.69, 9.17) is 12.8 Å². The molecule has 0 saturated heterocycles. The predicted octanol–water partition coefficient (Wildman–Crippen LogP) is 1.91. The zero-order chi connectivity index (χ0) is 19.3. The molecule has 0 radical (unpaired) electrons. The largest absolute Gasteiger partial charge is 0.366 e. The van der Waals surface area contributed by atoms with Gasteiger partial charge in [-0.3, -0.25) is 0 Å². The van der Waals surface area contributed by atoms with Gasteiger partial charge in [0.15, 0.2) is 0 Å². The second-order valence-electron chi connectivity index (χ2n) is 6.80. The van der Waals surface area contributed by atoms with Crippen molar-refractivity contribution < 1.29 is 13.5 Å². The highest BCUT2D eigenvalue weighted by atomic mass is 32.2. The summed E-state index contributed by atoms with van der Waals surface area (Å²) in [5, 5.41) is 10.4. The average Bonchev–Trinajstić information content (AvgIpc) is 2.52. The summed E-state index contributed by atoms with van der Waals surface area (Å²) in [6.45, 7) is 8.02. The fourth-order valence-electron chi connectivity index (χ4n) is 1.91. The molecule has 1 rings (SSSR count). The summed E-state index contributed by atoms with van der Waals surface area (Å²) in [5.74, 6) is 7.11. The Labute approximate surface area is 152 Å². The first-order valence-electron chi connectivity index (χ1n) is 7.70. The summed E-state index contributed by atoms with van der Waals surface area (Å²) >= 11 is 0. The van der Waals surface area contributed by atoms with E-state index >= 15 is 0 Å². The van der Waals surface area contributed by atoms with Gasteiger partial charge in [-0.15, -0.1) is 24.3 Å². The van der Waals surface area contributed by atoms with Crippen LogP contribution in [0.25, 0.3) is 0 Å². The number of aryl methyl sites for hydroxylation is 1. The molecule has 0 aromatic heterocycles. The highest BCUT2D eigenvalue weighted by Crippen LogP contribution is 2.17. The summed E-state index contributed by atoms with van der Waals surface area (Å²) in [6, 6.07) is 5.21. The molecule has 0 bridgehead atoms. The molecule has 132 valence electrons. The van der Waals surface area contributed by atoms with E-state index in [1.54, 1.807) is 12.1 Å². The van der Waals surface area contributed by atoms with Crippen LogP contribution in [0.3, 0.4) is 0 Å². The lowest BCUT2D eigenvalue weighted by Gasteiger charge is -2.26. The maximum atomic E-state index is 12.6. The molecule has 2 N–H and O–H groups in total. The third kappa shape index (κ3) is 6.09. The third-order valence-corrected chi connectivity index (χ3v) is 5.76. The molecule has 4 nitrogen and oxygen atoms in total. The number of hydrogen-bond acceptors (Lipinski definition) is 3. The summed E-state index contributed by atoms with van der Waals surface area (Å²) in [6.07, 6.45) is 10.7. The molecule has 0 aliphatic rings. The van der Waals surface area contributed by atoms with Gasteiger partial charge < -0.3 is 5.11 Å². The minimum Gasteiger partial charge on any atom is -0.366 e.